The molecule has 12 heteroatoms. The van der Waals surface area contributed by atoms with Crippen LogP contribution in [0.1, 0.15) is 544 Å². The Balaban J connectivity index is 0.00000210. The summed E-state index contributed by atoms with van der Waals surface area (Å²) in [4.78, 5) is 53.2. The summed E-state index contributed by atoms with van der Waals surface area (Å²) in [7, 11) is 0. The van der Waals surface area contributed by atoms with Gasteiger partial charge in [-0.3, -0.25) is 24.1 Å². The van der Waals surface area contributed by atoms with E-state index in [0.29, 0.717) is 87.7 Å². The first-order valence-corrected chi connectivity index (χ1v) is 52.7. The van der Waals surface area contributed by atoms with E-state index < -0.39 is 0 Å². The highest BCUT2D eigenvalue weighted by Gasteiger charge is 2.27. The molecule has 2 rings (SSSR count). The number of carbonyl (C=O) groups excluding carboxylic acids is 4. The van der Waals surface area contributed by atoms with Crippen LogP contribution in [0.15, 0.2) is 0 Å². The molecule has 0 amide bonds. The van der Waals surface area contributed by atoms with E-state index in [1.807, 2.05) is 0 Å². The first-order valence-electron chi connectivity index (χ1n) is 52.7. The predicted octanol–water partition coefficient (Wildman–Crippen LogP) is 30.9. The quantitative estimate of drug-likeness (QED) is 0.0301. The zero-order valence-electron chi connectivity index (χ0n) is 80.1. The Bertz CT molecular complexity index is 1920. The van der Waals surface area contributed by atoms with Crippen molar-refractivity contribution in [3.8, 4) is 0 Å². The van der Waals surface area contributed by atoms with Crippen LogP contribution in [-0.4, -0.2) is 110 Å². The maximum absolute atomic E-state index is 12.8. The summed E-state index contributed by atoms with van der Waals surface area (Å²) >= 11 is 0. The number of hydrogen-bond donors (Lipinski definition) is 3. The Morgan fingerprint density at radius 1 is 0.282 bits per heavy atom. The van der Waals surface area contributed by atoms with E-state index in [9.17, 15) is 24.3 Å². The van der Waals surface area contributed by atoms with Gasteiger partial charge in [-0.1, -0.05) is 403 Å². The summed E-state index contributed by atoms with van der Waals surface area (Å²) in [5.74, 6) is 3.51. The highest BCUT2D eigenvalue weighted by atomic mass is 16.5. The minimum atomic E-state index is -0.00372. The molecule has 2 aliphatic carbocycles. The average Bonchev–Trinajstić information content (AvgIpc) is 0.864. The Labute approximate surface area is 729 Å². The normalized spacial score (nSPS) is 14.5. The molecule has 0 saturated heterocycles. The van der Waals surface area contributed by atoms with E-state index in [1.165, 1.54) is 392 Å². The van der Waals surface area contributed by atoms with Crippen molar-refractivity contribution in [3.63, 3.8) is 0 Å². The summed E-state index contributed by atoms with van der Waals surface area (Å²) in [6.07, 6.45) is 90.9. The van der Waals surface area contributed by atoms with Crippen LogP contribution in [0.4, 0.5) is 0 Å². The molecule has 0 aromatic heterocycles. The molecule has 2 aliphatic rings. The summed E-state index contributed by atoms with van der Waals surface area (Å²) in [6.45, 7) is 26.1. The number of nitrogens with one attached hydrogen (secondary N) is 1. The van der Waals surface area contributed by atoms with E-state index in [4.69, 9.17) is 24.1 Å². The molecular formula is C105H206N2O10. The maximum atomic E-state index is 12.8. The van der Waals surface area contributed by atoms with Crippen LogP contribution in [0.5, 0.6) is 0 Å². The van der Waals surface area contributed by atoms with Gasteiger partial charge in [0.25, 0.3) is 0 Å². The number of hydrogen-bond acceptors (Lipinski definition) is 12. The van der Waals surface area contributed by atoms with E-state index in [-0.39, 0.29) is 37.1 Å². The fourth-order valence-electron chi connectivity index (χ4n) is 17.6. The molecule has 696 valence electrons. The van der Waals surface area contributed by atoms with Gasteiger partial charge in [-0.05, 0) is 151 Å². The van der Waals surface area contributed by atoms with Gasteiger partial charge in [0.1, 0.15) is 0 Å². The second kappa shape index (κ2) is 91.4. The molecule has 0 aliphatic heterocycles. The number of rotatable bonds is 89. The standard InChI is InChI=1S/C52H101NO5.C47H92O4.C6H13NO/c1-5-9-13-17-19-25-36-48(34-23-15-11-7-3)45-57-51(55)40-29-21-27-32-47(44-53(42-43-54)50-38-31-39-50)33-28-22-30-41-52(56)58-46-49(35-24-16-12-8-4)37-26-20-18-14-10-6-2;1-6-11-15-19-21-27-37-44(35-25-17-13-8-3)41-50-46(48)39-31-23-29-33-43(10-5)34-30-24-32-40-47(49)51-42-45(36-26-18-14-9-4)38-28-22-20-16-12-7-2;8-5-4-7-6-2-1-3-6/h47-50,54H,5-46H2,1-4H3;43-45H,6-42H2,1-5H3;6-8H,1-5H2. The lowest BCUT2D eigenvalue weighted by Gasteiger charge is -2.39. The van der Waals surface area contributed by atoms with Crippen LogP contribution >= 0.6 is 0 Å². The largest absolute Gasteiger partial charge is 0.465 e. The molecule has 0 bridgehead atoms. The van der Waals surface area contributed by atoms with Crippen molar-refractivity contribution in [2.75, 3.05) is 59.3 Å². The summed E-state index contributed by atoms with van der Waals surface area (Å²) in [6, 6.07) is 1.36. The monoisotopic (exact) mass is 1660 g/mol. The SMILES string of the molecule is CCCCCCCCC(CCCCCC)COC(=O)CCCCCC(CC)CCCCCC(=O)OCC(CCCCCC)CCCCCCCC.CCCCCCCCC(CCCCCC)COC(=O)CCCCCC(CCCCCC(=O)OCC(CCCCCC)CCCCCCCC)CN(CCO)C1CCC1.OCCNC1CCC1. The number of unbranched alkanes of at least 4 members (excludes halogenated alkanes) is 40. The third-order valence-corrected chi connectivity index (χ3v) is 26.3. The van der Waals surface area contributed by atoms with Gasteiger partial charge in [-0.15, -0.1) is 0 Å². The molecular weight excluding hydrogens is 1450 g/mol. The predicted molar refractivity (Wildman–Crippen MR) is 503 cm³/mol. The van der Waals surface area contributed by atoms with Crippen molar-refractivity contribution >= 4 is 23.9 Å². The molecule has 0 aromatic rings. The van der Waals surface area contributed by atoms with Gasteiger partial charge in [0.15, 0.2) is 0 Å². The van der Waals surface area contributed by atoms with Gasteiger partial charge in [0, 0.05) is 57.4 Å². The fourth-order valence-corrected chi connectivity index (χ4v) is 17.6. The second-order valence-electron chi connectivity index (χ2n) is 37.5. The van der Waals surface area contributed by atoms with Crippen LogP contribution in [0.25, 0.3) is 0 Å². The van der Waals surface area contributed by atoms with Crippen LogP contribution in [0.2, 0.25) is 0 Å². The third-order valence-electron chi connectivity index (χ3n) is 26.3. The minimum absolute atomic E-state index is 0.00372. The zero-order valence-corrected chi connectivity index (χ0v) is 80.1. The molecule has 4 atom stereocenters. The van der Waals surface area contributed by atoms with E-state index in [2.05, 4.69) is 72.5 Å². The topological polar surface area (TPSA) is 161 Å². The smallest absolute Gasteiger partial charge is 0.305 e. The number of ether oxygens (including phenoxy) is 4. The van der Waals surface area contributed by atoms with E-state index in [1.54, 1.807) is 0 Å². The third kappa shape index (κ3) is 78.2. The molecule has 4 unspecified atom stereocenters. The Hall–Kier alpha value is -2.28. The van der Waals surface area contributed by atoms with Crippen molar-refractivity contribution in [2.45, 2.75) is 556 Å². The lowest BCUT2D eigenvalue weighted by Crippen LogP contribution is -2.44. The van der Waals surface area contributed by atoms with E-state index >= 15 is 0 Å². The van der Waals surface area contributed by atoms with Crippen molar-refractivity contribution in [3.05, 3.63) is 0 Å². The van der Waals surface area contributed by atoms with Gasteiger partial charge in [0.05, 0.1) is 39.6 Å². The lowest BCUT2D eigenvalue weighted by molar-refractivity contribution is -0.146. The van der Waals surface area contributed by atoms with Crippen LogP contribution in [0, 0.1) is 35.5 Å². The fraction of sp³-hybridized carbons (Fsp3) is 0.962. The zero-order chi connectivity index (χ0) is 85.4. The summed E-state index contributed by atoms with van der Waals surface area (Å²) in [5, 5.41) is 21.4. The molecule has 0 radical (unpaired) electrons. The molecule has 12 nitrogen and oxygen atoms in total. The summed E-state index contributed by atoms with van der Waals surface area (Å²) < 4.78 is 23.4. The highest BCUT2D eigenvalue weighted by molar-refractivity contribution is 5.70. The van der Waals surface area contributed by atoms with Gasteiger partial charge >= 0.3 is 23.9 Å². The number of aliphatic hydroxyl groups excluding tert-OH is 2. The van der Waals surface area contributed by atoms with Gasteiger partial charge in [-0.2, -0.15) is 0 Å². The van der Waals surface area contributed by atoms with Gasteiger partial charge < -0.3 is 34.5 Å². The minimum Gasteiger partial charge on any atom is -0.465 e. The highest BCUT2D eigenvalue weighted by Crippen LogP contribution is 2.31. The summed E-state index contributed by atoms with van der Waals surface area (Å²) in [5.41, 5.74) is 0. The van der Waals surface area contributed by atoms with Crippen molar-refractivity contribution in [2.24, 2.45) is 35.5 Å². The first-order chi connectivity index (χ1) is 57.4. The molecule has 0 aromatic carbocycles. The number of esters is 4. The molecule has 117 heavy (non-hydrogen) atoms. The van der Waals surface area contributed by atoms with Gasteiger partial charge in [0.2, 0.25) is 0 Å². The van der Waals surface area contributed by atoms with Crippen molar-refractivity contribution in [1.82, 2.24) is 10.2 Å². The molecule has 0 spiro atoms. The van der Waals surface area contributed by atoms with Crippen molar-refractivity contribution in [1.29, 1.82) is 0 Å². The number of nitrogens with zero attached hydrogens (tertiary/aromatic N) is 1. The molecule has 2 saturated carbocycles. The van der Waals surface area contributed by atoms with Crippen molar-refractivity contribution < 1.29 is 48.3 Å². The molecule has 0 heterocycles. The van der Waals surface area contributed by atoms with E-state index in [0.717, 1.165) is 95.8 Å². The van der Waals surface area contributed by atoms with Gasteiger partial charge in [-0.25, -0.2) is 0 Å². The maximum Gasteiger partial charge on any atom is 0.305 e. The average molecular weight is 1660 g/mol. The molecule has 3 N–H and O–H groups in total. The number of aliphatic hydroxyl groups is 2. The van der Waals surface area contributed by atoms with Crippen LogP contribution in [0.3, 0.4) is 0 Å². The Morgan fingerprint density at radius 3 is 0.718 bits per heavy atom. The molecule has 2 fully saturated rings. The first kappa shape index (κ1) is 115. The lowest BCUT2D eigenvalue weighted by atomic mass is 9.88. The Kier molecular flexibility index (Phi) is 89.6. The Morgan fingerprint density at radius 2 is 0.504 bits per heavy atom. The second-order valence-corrected chi connectivity index (χ2v) is 37.5. The number of carbonyl (C=O) groups is 4. The van der Waals surface area contributed by atoms with Crippen LogP contribution < -0.4 is 5.32 Å². The van der Waals surface area contributed by atoms with Crippen LogP contribution in [-0.2, 0) is 38.1 Å².